The van der Waals surface area contributed by atoms with Crippen LogP contribution < -0.4 is 16.4 Å². The second-order valence-electron chi connectivity index (χ2n) is 4.31. The lowest BCUT2D eigenvalue weighted by Crippen LogP contribution is -2.21. The number of aromatic hydroxyl groups is 1. The monoisotopic (exact) mass is 317 g/mol. The van der Waals surface area contributed by atoms with Crippen molar-refractivity contribution in [3.05, 3.63) is 52.2 Å². The number of amides is 3. The van der Waals surface area contributed by atoms with Crippen molar-refractivity contribution < 1.29 is 19.6 Å². The number of urea groups is 1. The maximum atomic E-state index is 11.9. The highest BCUT2D eigenvalue weighted by molar-refractivity contribution is 6.03. The number of rotatable bonds is 4. The van der Waals surface area contributed by atoms with Gasteiger partial charge in [-0.1, -0.05) is 0 Å². The molecule has 0 aliphatic heterocycles. The van der Waals surface area contributed by atoms with Crippen LogP contribution in [-0.2, 0) is 0 Å². The smallest absolute Gasteiger partial charge is 0.387 e. The van der Waals surface area contributed by atoms with E-state index in [0.717, 1.165) is 0 Å². The summed E-state index contributed by atoms with van der Waals surface area (Å²) in [4.78, 5) is 36.6. The molecule has 0 unspecified atom stereocenters. The number of primary amides is 1. The molecule has 10 nitrogen and oxygen atoms in total. The van der Waals surface area contributed by atoms with Crippen LogP contribution >= 0.6 is 0 Å². The van der Waals surface area contributed by atoms with E-state index >= 15 is 0 Å². The fourth-order valence-electron chi connectivity index (χ4n) is 1.71. The van der Waals surface area contributed by atoms with Crippen LogP contribution in [0.15, 0.2) is 36.5 Å². The molecule has 0 atom stereocenters. The first-order valence-corrected chi connectivity index (χ1v) is 6.18. The van der Waals surface area contributed by atoms with Gasteiger partial charge in [-0.15, -0.1) is 0 Å². The molecule has 1 aromatic carbocycles. The Morgan fingerprint density at radius 1 is 1.22 bits per heavy atom. The Labute approximate surface area is 129 Å². The number of nitrogens with one attached hydrogen (secondary N) is 2. The quantitative estimate of drug-likeness (QED) is 0.379. The van der Waals surface area contributed by atoms with Crippen molar-refractivity contribution in [3.8, 4) is 5.75 Å². The number of nitrogens with zero attached hydrogens (tertiary/aromatic N) is 2. The molecule has 0 spiro atoms. The summed E-state index contributed by atoms with van der Waals surface area (Å²) in [5, 5.41) is 25.0. The number of nitrogens with two attached hydrogens (primary N) is 1. The summed E-state index contributed by atoms with van der Waals surface area (Å²) in [6, 6.07) is 5.49. The van der Waals surface area contributed by atoms with Gasteiger partial charge in [0, 0.05) is 5.56 Å². The van der Waals surface area contributed by atoms with Gasteiger partial charge in [0.1, 0.15) is 17.6 Å². The number of carbonyl (C=O) groups is 2. The minimum atomic E-state index is -0.863. The highest BCUT2D eigenvalue weighted by atomic mass is 16.6. The van der Waals surface area contributed by atoms with Gasteiger partial charge >= 0.3 is 11.8 Å². The average Bonchev–Trinajstić information content (AvgIpc) is 2.49. The lowest BCUT2D eigenvalue weighted by Gasteiger charge is -2.09. The van der Waals surface area contributed by atoms with E-state index < -0.39 is 22.7 Å². The third-order valence-corrected chi connectivity index (χ3v) is 2.74. The second kappa shape index (κ2) is 6.39. The number of phenolic OH excluding ortho intramolecular Hbond substituents is 1. The first-order chi connectivity index (χ1) is 10.9. The van der Waals surface area contributed by atoms with Crippen molar-refractivity contribution in [2.75, 3.05) is 10.6 Å². The Morgan fingerprint density at radius 3 is 2.57 bits per heavy atom. The highest BCUT2D eigenvalue weighted by Gasteiger charge is 2.17. The van der Waals surface area contributed by atoms with Gasteiger partial charge in [-0.2, -0.15) is 0 Å². The van der Waals surface area contributed by atoms with Crippen molar-refractivity contribution in [1.29, 1.82) is 0 Å². The molecule has 3 amide bonds. The molecule has 2 aromatic rings. The van der Waals surface area contributed by atoms with Gasteiger partial charge < -0.3 is 31.6 Å². The van der Waals surface area contributed by atoms with Crippen molar-refractivity contribution in [1.82, 2.24) is 4.98 Å². The van der Waals surface area contributed by atoms with Crippen LogP contribution in [-0.4, -0.2) is 27.0 Å². The number of pyridine rings is 1. The Morgan fingerprint density at radius 2 is 1.91 bits per heavy atom. The number of hydrogen-bond donors (Lipinski definition) is 4. The second-order valence-corrected chi connectivity index (χ2v) is 4.31. The molecule has 10 heteroatoms. The van der Waals surface area contributed by atoms with Crippen LogP contribution in [0.2, 0.25) is 0 Å². The Balaban J connectivity index is 2.19. The van der Waals surface area contributed by atoms with Gasteiger partial charge in [0.15, 0.2) is 0 Å². The molecule has 1 heterocycles. The molecule has 0 fully saturated rings. The maximum Gasteiger partial charge on any atom is 0.387 e. The van der Waals surface area contributed by atoms with E-state index in [0.29, 0.717) is 0 Å². The molecular weight excluding hydrogens is 306 g/mol. The predicted octanol–water partition coefficient (Wildman–Crippen LogP) is 1.44. The topological polar surface area (TPSA) is 160 Å². The predicted molar refractivity (Wildman–Crippen MR) is 80.2 cm³/mol. The van der Waals surface area contributed by atoms with E-state index in [9.17, 15) is 24.8 Å². The van der Waals surface area contributed by atoms with Gasteiger partial charge in [0.05, 0.1) is 5.69 Å². The van der Waals surface area contributed by atoms with Crippen LogP contribution in [0, 0.1) is 10.1 Å². The molecular formula is C13H11N5O5. The summed E-state index contributed by atoms with van der Waals surface area (Å²) in [5.74, 6) is -1.57. The standard InChI is InChI=1S/C13H11N5O5/c14-11(20)7-3-4-10(19)9(6-7)17-13(21)16-8-2-1-5-15-12(8)18(22)23/h1-6,19H,(H2,14,20)(H2,16,17,21). The normalized spacial score (nSPS) is 9.91. The van der Waals surface area contributed by atoms with Crippen LogP contribution in [0.4, 0.5) is 22.0 Å². The molecule has 0 saturated heterocycles. The number of phenols is 1. The van der Waals surface area contributed by atoms with Crippen LogP contribution in [0.5, 0.6) is 5.75 Å². The summed E-state index contributed by atoms with van der Waals surface area (Å²) in [7, 11) is 0. The molecule has 0 aliphatic carbocycles. The number of hydrogen-bond acceptors (Lipinski definition) is 6. The largest absolute Gasteiger partial charge is 0.506 e. The summed E-state index contributed by atoms with van der Waals surface area (Å²) in [5.41, 5.74) is 4.98. The van der Waals surface area contributed by atoms with Gasteiger partial charge in [-0.25, -0.2) is 4.79 Å². The third-order valence-electron chi connectivity index (χ3n) is 2.74. The van der Waals surface area contributed by atoms with Crippen LogP contribution in [0.25, 0.3) is 0 Å². The summed E-state index contributed by atoms with van der Waals surface area (Å²) < 4.78 is 0. The zero-order valence-corrected chi connectivity index (χ0v) is 11.5. The third kappa shape index (κ3) is 3.69. The first-order valence-electron chi connectivity index (χ1n) is 6.18. The lowest BCUT2D eigenvalue weighted by atomic mass is 10.2. The molecule has 23 heavy (non-hydrogen) atoms. The van der Waals surface area contributed by atoms with E-state index in [1.54, 1.807) is 0 Å². The molecule has 118 valence electrons. The number of nitro groups is 1. The Hall–Kier alpha value is -3.69. The minimum absolute atomic E-state index is 0.0745. The molecule has 0 radical (unpaired) electrons. The van der Waals surface area contributed by atoms with Crippen molar-refractivity contribution in [2.24, 2.45) is 5.73 Å². The van der Waals surface area contributed by atoms with Gasteiger partial charge in [0.2, 0.25) is 5.91 Å². The average molecular weight is 317 g/mol. The highest BCUT2D eigenvalue weighted by Crippen LogP contribution is 2.25. The molecule has 0 saturated carbocycles. The molecule has 2 rings (SSSR count). The molecule has 1 aromatic heterocycles. The summed E-state index contributed by atoms with van der Waals surface area (Å²) in [6.07, 6.45) is 1.21. The Bertz CT molecular complexity index is 792. The SMILES string of the molecule is NC(=O)c1ccc(O)c(NC(=O)Nc2cccnc2[N+](=O)[O-])c1. The first kappa shape index (κ1) is 15.7. The van der Waals surface area contributed by atoms with Crippen molar-refractivity contribution in [2.45, 2.75) is 0 Å². The fourth-order valence-corrected chi connectivity index (χ4v) is 1.71. The molecule has 0 bridgehead atoms. The summed E-state index contributed by atoms with van der Waals surface area (Å²) >= 11 is 0. The number of carbonyl (C=O) groups excluding carboxylic acids is 2. The zero-order chi connectivity index (χ0) is 17.0. The van der Waals surface area contributed by atoms with E-state index in [2.05, 4.69) is 15.6 Å². The Kier molecular flexibility index (Phi) is 4.36. The number of aromatic nitrogens is 1. The van der Waals surface area contributed by atoms with E-state index in [1.165, 1.54) is 36.5 Å². The zero-order valence-electron chi connectivity index (χ0n) is 11.5. The molecule has 5 N–H and O–H groups in total. The number of benzene rings is 1. The maximum absolute atomic E-state index is 11.9. The van der Waals surface area contributed by atoms with E-state index in [-0.39, 0.29) is 22.7 Å². The van der Waals surface area contributed by atoms with Gasteiger partial charge in [0.25, 0.3) is 0 Å². The minimum Gasteiger partial charge on any atom is -0.506 e. The van der Waals surface area contributed by atoms with Gasteiger partial charge in [-0.3, -0.25) is 4.79 Å². The van der Waals surface area contributed by atoms with E-state index in [4.69, 9.17) is 5.73 Å². The van der Waals surface area contributed by atoms with Crippen molar-refractivity contribution in [3.63, 3.8) is 0 Å². The fraction of sp³-hybridized carbons (Fsp3) is 0. The van der Waals surface area contributed by atoms with E-state index in [1.807, 2.05) is 0 Å². The lowest BCUT2D eigenvalue weighted by molar-refractivity contribution is -0.388. The molecule has 0 aliphatic rings. The number of anilines is 2. The summed E-state index contributed by atoms with van der Waals surface area (Å²) in [6.45, 7) is 0. The van der Waals surface area contributed by atoms with Crippen LogP contribution in [0.1, 0.15) is 10.4 Å². The van der Waals surface area contributed by atoms with Crippen LogP contribution in [0.3, 0.4) is 0 Å². The van der Waals surface area contributed by atoms with Gasteiger partial charge in [-0.05, 0) is 40.2 Å². The van der Waals surface area contributed by atoms with Crippen molar-refractivity contribution >= 4 is 29.1 Å².